The van der Waals surface area contributed by atoms with E-state index in [1.165, 1.54) is 6.07 Å². The Hall–Kier alpha value is -3.43. The summed E-state index contributed by atoms with van der Waals surface area (Å²) >= 11 is 0. The largest absolute Gasteiger partial charge is 0.457 e. The van der Waals surface area contributed by atoms with Crippen LogP contribution < -0.4 is 10.2 Å². The molecular weight excluding hydrogens is 475 g/mol. The second-order valence-electron chi connectivity index (χ2n) is 8.78. The summed E-state index contributed by atoms with van der Waals surface area (Å²) in [5.41, 5.74) is 0.158. The second kappa shape index (κ2) is 12.5. The van der Waals surface area contributed by atoms with Crippen molar-refractivity contribution in [3.05, 3.63) is 53.7 Å². The van der Waals surface area contributed by atoms with Crippen LogP contribution in [0.3, 0.4) is 0 Å². The van der Waals surface area contributed by atoms with E-state index in [0.717, 1.165) is 31.5 Å². The lowest BCUT2D eigenvalue weighted by Crippen LogP contribution is -2.37. The molecule has 1 amide bonds. The normalized spacial score (nSPS) is 14.4. The lowest BCUT2D eigenvalue weighted by atomic mass is 9.97. The Morgan fingerprint density at radius 2 is 1.75 bits per heavy atom. The van der Waals surface area contributed by atoms with Gasteiger partial charge >= 0.3 is 12.1 Å². The number of hydrogen-bond donors (Lipinski definition) is 1. The van der Waals surface area contributed by atoms with E-state index in [4.69, 9.17) is 4.74 Å². The second-order valence-corrected chi connectivity index (χ2v) is 8.78. The van der Waals surface area contributed by atoms with Crippen molar-refractivity contribution >= 4 is 29.2 Å². The smallest absolute Gasteiger partial charge is 0.417 e. The molecule has 1 aliphatic heterocycles. The number of alkyl halides is 3. The fourth-order valence-corrected chi connectivity index (χ4v) is 3.92. The Balaban J connectivity index is 1.41. The number of carbonyl (C=O) groups excluding carboxylic acids is 3. The van der Waals surface area contributed by atoms with Gasteiger partial charge in [-0.15, -0.1) is 0 Å². The number of ketones is 1. The zero-order valence-electron chi connectivity index (χ0n) is 20.1. The lowest BCUT2D eigenvalue weighted by molar-refractivity contribution is -0.148. The zero-order chi connectivity index (χ0) is 26.1. The highest BCUT2D eigenvalue weighted by molar-refractivity contribution is 5.99. The molecule has 0 aliphatic carbocycles. The van der Waals surface area contributed by atoms with Crippen LogP contribution in [0.5, 0.6) is 0 Å². The first-order valence-corrected chi connectivity index (χ1v) is 12.1. The number of unbranched alkanes of at least 4 members (excludes halogenated alkanes) is 2. The number of halogens is 3. The van der Waals surface area contributed by atoms with E-state index >= 15 is 0 Å². The molecule has 1 saturated heterocycles. The van der Waals surface area contributed by atoms with Crippen LogP contribution in [0.25, 0.3) is 0 Å². The maximum atomic E-state index is 12.7. The summed E-state index contributed by atoms with van der Waals surface area (Å²) < 4.78 is 43.3. The van der Waals surface area contributed by atoms with Gasteiger partial charge in [-0.1, -0.05) is 19.8 Å². The fourth-order valence-electron chi connectivity index (χ4n) is 3.92. The molecule has 0 bridgehead atoms. The highest BCUT2D eigenvalue weighted by Gasteiger charge is 2.32. The molecule has 1 N–H and O–H groups in total. The summed E-state index contributed by atoms with van der Waals surface area (Å²) in [7, 11) is 0. The molecule has 7 nitrogen and oxygen atoms in total. The molecule has 1 aliphatic rings. The van der Waals surface area contributed by atoms with Gasteiger partial charge in [0.15, 0.2) is 12.4 Å². The van der Waals surface area contributed by atoms with E-state index in [0.29, 0.717) is 49.4 Å². The average Bonchev–Trinajstić information content (AvgIpc) is 2.87. The van der Waals surface area contributed by atoms with Crippen LogP contribution in [0.2, 0.25) is 0 Å². The van der Waals surface area contributed by atoms with Crippen LogP contribution in [-0.2, 0) is 20.5 Å². The van der Waals surface area contributed by atoms with Crippen molar-refractivity contribution in [2.45, 2.75) is 51.6 Å². The number of nitrogens with one attached hydrogen (secondary N) is 1. The standard InChI is InChI=1S/C26H30F3N3O4/c1-2-3-4-5-24(34)31-21-9-6-18(7-10-21)22(33)17-36-25(35)19-12-14-32(15-13-19)23-11-8-20(16-30-23)26(27,28)29/h6-11,16,19H,2-5,12-15,17H2,1H3,(H,31,34). The van der Waals surface area contributed by atoms with Crippen LogP contribution in [-0.4, -0.2) is 42.3 Å². The molecular formula is C26H30F3N3O4. The average molecular weight is 506 g/mol. The van der Waals surface area contributed by atoms with Crippen LogP contribution in [0.4, 0.5) is 24.7 Å². The number of nitrogens with zero attached hydrogens (tertiary/aromatic N) is 2. The number of benzene rings is 1. The topological polar surface area (TPSA) is 88.6 Å². The van der Waals surface area contributed by atoms with Crippen molar-refractivity contribution in [3.63, 3.8) is 0 Å². The van der Waals surface area contributed by atoms with Gasteiger partial charge in [-0.2, -0.15) is 13.2 Å². The first-order valence-electron chi connectivity index (χ1n) is 12.1. The van der Waals surface area contributed by atoms with Crippen molar-refractivity contribution in [1.82, 2.24) is 4.98 Å². The van der Waals surface area contributed by atoms with E-state index in [2.05, 4.69) is 17.2 Å². The summed E-state index contributed by atoms with van der Waals surface area (Å²) in [4.78, 5) is 42.5. The molecule has 2 heterocycles. The van der Waals surface area contributed by atoms with Gasteiger partial charge < -0.3 is 15.0 Å². The number of Topliss-reactive ketones (excluding diaryl/α,β-unsaturated/α-hetero) is 1. The number of amides is 1. The first kappa shape index (κ1) is 27.2. The summed E-state index contributed by atoms with van der Waals surface area (Å²) in [5, 5.41) is 2.79. The molecule has 1 aromatic carbocycles. The number of piperidine rings is 1. The minimum atomic E-state index is -4.44. The molecule has 1 aromatic heterocycles. The molecule has 0 spiro atoms. The first-order chi connectivity index (χ1) is 17.2. The molecule has 0 radical (unpaired) electrons. The number of hydrogen-bond acceptors (Lipinski definition) is 6. The minimum Gasteiger partial charge on any atom is -0.457 e. The number of esters is 1. The maximum absolute atomic E-state index is 12.7. The Morgan fingerprint density at radius 3 is 2.33 bits per heavy atom. The minimum absolute atomic E-state index is 0.0726. The quantitative estimate of drug-likeness (QED) is 0.269. The predicted molar refractivity (Wildman–Crippen MR) is 129 cm³/mol. The molecule has 3 rings (SSSR count). The van der Waals surface area contributed by atoms with Gasteiger partial charge in [0, 0.05) is 37.0 Å². The summed E-state index contributed by atoms with van der Waals surface area (Å²) in [6, 6.07) is 8.74. The summed E-state index contributed by atoms with van der Waals surface area (Å²) in [6.45, 7) is 2.57. The lowest BCUT2D eigenvalue weighted by Gasteiger charge is -2.31. The van der Waals surface area contributed by atoms with Crippen LogP contribution >= 0.6 is 0 Å². The Bertz CT molecular complexity index is 1030. The van der Waals surface area contributed by atoms with E-state index in [9.17, 15) is 27.6 Å². The van der Waals surface area contributed by atoms with E-state index in [-0.39, 0.29) is 18.3 Å². The van der Waals surface area contributed by atoms with Crippen LogP contribution in [0.1, 0.15) is 61.4 Å². The van der Waals surface area contributed by atoms with Gasteiger partial charge in [0.1, 0.15) is 5.82 Å². The van der Waals surface area contributed by atoms with Crippen molar-refractivity contribution in [1.29, 1.82) is 0 Å². The third kappa shape index (κ3) is 7.79. The Labute approximate surface area is 208 Å². The number of ether oxygens (including phenoxy) is 1. The van der Waals surface area contributed by atoms with Crippen molar-refractivity contribution in [2.75, 3.05) is 29.9 Å². The van der Waals surface area contributed by atoms with E-state index < -0.39 is 23.6 Å². The highest BCUT2D eigenvalue weighted by Crippen LogP contribution is 2.30. The zero-order valence-corrected chi connectivity index (χ0v) is 20.1. The molecule has 2 aromatic rings. The monoisotopic (exact) mass is 505 g/mol. The molecule has 0 atom stereocenters. The Morgan fingerprint density at radius 1 is 1.06 bits per heavy atom. The summed E-state index contributed by atoms with van der Waals surface area (Å²) in [6.07, 6.45) is 0.564. The number of pyridine rings is 1. The van der Waals surface area contributed by atoms with Gasteiger partial charge in [-0.25, -0.2) is 4.98 Å². The van der Waals surface area contributed by atoms with Crippen LogP contribution in [0, 0.1) is 5.92 Å². The fraction of sp³-hybridized carbons (Fsp3) is 0.462. The third-order valence-corrected chi connectivity index (χ3v) is 6.07. The van der Waals surface area contributed by atoms with Crippen molar-refractivity contribution in [2.24, 2.45) is 5.92 Å². The number of rotatable bonds is 10. The van der Waals surface area contributed by atoms with Crippen molar-refractivity contribution < 1.29 is 32.3 Å². The molecule has 0 saturated carbocycles. The highest BCUT2D eigenvalue weighted by atomic mass is 19.4. The van der Waals surface area contributed by atoms with E-state index in [1.807, 2.05) is 4.90 Å². The van der Waals surface area contributed by atoms with Gasteiger partial charge in [0.2, 0.25) is 5.91 Å². The van der Waals surface area contributed by atoms with Gasteiger partial charge in [0.05, 0.1) is 11.5 Å². The predicted octanol–water partition coefficient (Wildman–Crippen LogP) is 5.26. The molecule has 1 fully saturated rings. The molecule has 0 unspecified atom stereocenters. The summed E-state index contributed by atoms with van der Waals surface area (Å²) in [5.74, 6) is -0.870. The number of anilines is 2. The maximum Gasteiger partial charge on any atom is 0.417 e. The third-order valence-electron chi connectivity index (χ3n) is 6.07. The van der Waals surface area contributed by atoms with Gasteiger partial charge in [-0.3, -0.25) is 14.4 Å². The molecule has 194 valence electrons. The SMILES string of the molecule is CCCCCC(=O)Nc1ccc(C(=O)COC(=O)C2CCN(c3ccc(C(F)(F)F)cn3)CC2)cc1. The van der Waals surface area contributed by atoms with E-state index in [1.54, 1.807) is 24.3 Å². The van der Waals surface area contributed by atoms with Gasteiger partial charge in [-0.05, 0) is 55.7 Å². The number of aromatic nitrogens is 1. The number of carbonyl (C=O) groups is 3. The van der Waals surface area contributed by atoms with Gasteiger partial charge in [0.25, 0.3) is 0 Å². The Kier molecular flexibility index (Phi) is 9.44. The molecule has 36 heavy (non-hydrogen) atoms. The van der Waals surface area contributed by atoms with Crippen LogP contribution in [0.15, 0.2) is 42.6 Å². The van der Waals surface area contributed by atoms with Crippen molar-refractivity contribution in [3.8, 4) is 0 Å². The molecule has 10 heteroatoms.